The number of para-hydroxylation sites is 1. The zero-order valence-electron chi connectivity index (χ0n) is 11.9. The SMILES string of the molecule is CCc1c(C)nn(C2CNc3ccccc3C2)c1C. The maximum Gasteiger partial charge on any atom is 0.0735 e. The molecule has 1 aromatic carbocycles. The number of nitrogens with one attached hydrogen (secondary N) is 1. The van der Waals surface area contributed by atoms with Crippen LogP contribution in [0.2, 0.25) is 0 Å². The Balaban J connectivity index is 1.93. The first kappa shape index (κ1) is 12.3. The minimum absolute atomic E-state index is 0.425. The van der Waals surface area contributed by atoms with E-state index < -0.39 is 0 Å². The molecule has 0 fully saturated rings. The Morgan fingerprint density at radius 2 is 2.11 bits per heavy atom. The van der Waals surface area contributed by atoms with Crippen molar-refractivity contribution in [3.05, 3.63) is 46.8 Å². The van der Waals surface area contributed by atoms with E-state index in [4.69, 9.17) is 5.10 Å². The van der Waals surface area contributed by atoms with Crippen molar-refractivity contribution in [3.8, 4) is 0 Å². The van der Waals surface area contributed by atoms with Crippen LogP contribution in [0.25, 0.3) is 0 Å². The molecule has 0 radical (unpaired) electrons. The summed E-state index contributed by atoms with van der Waals surface area (Å²) in [7, 11) is 0. The summed E-state index contributed by atoms with van der Waals surface area (Å²) in [5.74, 6) is 0. The van der Waals surface area contributed by atoms with Crippen LogP contribution >= 0.6 is 0 Å². The summed E-state index contributed by atoms with van der Waals surface area (Å²) in [4.78, 5) is 0. The molecule has 0 spiro atoms. The summed E-state index contributed by atoms with van der Waals surface area (Å²) in [6.07, 6.45) is 2.13. The molecule has 2 heterocycles. The van der Waals surface area contributed by atoms with Crippen LogP contribution < -0.4 is 5.32 Å². The Morgan fingerprint density at radius 1 is 1.32 bits per heavy atom. The standard InChI is InChI=1S/C16H21N3/c1-4-15-11(2)18-19(12(15)3)14-9-13-7-5-6-8-16(13)17-10-14/h5-8,14,17H,4,9-10H2,1-3H3. The lowest BCUT2D eigenvalue weighted by Crippen LogP contribution is -2.27. The summed E-state index contributed by atoms with van der Waals surface area (Å²) in [6.45, 7) is 7.48. The molecule has 0 aliphatic carbocycles. The van der Waals surface area contributed by atoms with Gasteiger partial charge in [0, 0.05) is 17.9 Å². The van der Waals surface area contributed by atoms with Crippen molar-refractivity contribution in [1.82, 2.24) is 9.78 Å². The molecule has 1 aliphatic rings. The molecule has 3 rings (SSSR count). The van der Waals surface area contributed by atoms with Crippen LogP contribution in [0, 0.1) is 13.8 Å². The second kappa shape index (κ2) is 4.72. The highest BCUT2D eigenvalue weighted by Crippen LogP contribution is 2.28. The van der Waals surface area contributed by atoms with Gasteiger partial charge in [0.1, 0.15) is 0 Å². The van der Waals surface area contributed by atoms with Gasteiger partial charge < -0.3 is 5.32 Å². The van der Waals surface area contributed by atoms with E-state index in [9.17, 15) is 0 Å². The number of anilines is 1. The van der Waals surface area contributed by atoms with Gasteiger partial charge in [-0.1, -0.05) is 25.1 Å². The monoisotopic (exact) mass is 255 g/mol. The molecule has 1 unspecified atom stereocenters. The predicted octanol–water partition coefficient (Wildman–Crippen LogP) is 3.27. The first-order chi connectivity index (χ1) is 9.20. The van der Waals surface area contributed by atoms with E-state index in [0.29, 0.717) is 6.04 Å². The van der Waals surface area contributed by atoms with Gasteiger partial charge in [-0.2, -0.15) is 5.10 Å². The van der Waals surface area contributed by atoms with E-state index in [1.807, 2.05) is 0 Å². The number of benzene rings is 1. The number of nitrogens with zero attached hydrogens (tertiary/aromatic N) is 2. The van der Waals surface area contributed by atoms with Crippen molar-refractivity contribution in [2.75, 3.05) is 11.9 Å². The van der Waals surface area contributed by atoms with Crippen LogP contribution in [0.5, 0.6) is 0 Å². The minimum atomic E-state index is 0.425. The van der Waals surface area contributed by atoms with Gasteiger partial charge in [0.05, 0.1) is 11.7 Å². The Morgan fingerprint density at radius 3 is 2.84 bits per heavy atom. The zero-order chi connectivity index (χ0) is 13.4. The Bertz CT molecular complexity index is 598. The molecule has 3 heteroatoms. The van der Waals surface area contributed by atoms with E-state index in [1.165, 1.54) is 28.2 Å². The van der Waals surface area contributed by atoms with Gasteiger partial charge in [0.15, 0.2) is 0 Å². The quantitative estimate of drug-likeness (QED) is 0.892. The highest BCUT2D eigenvalue weighted by atomic mass is 15.3. The van der Waals surface area contributed by atoms with Gasteiger partial charge >= 0.3 is 0 Å². The van der Waals surface area contributed by atoms with Crippen LogP contribution in [0.15, 0.2) is 24.3 Å². The average Bonchev–Trinajstić information content (AvgIpc) is 2.73. The van der Waals surface area contributed by atoms with Crippen molar-refractivity contribution in [2.24, 2.45) is 0 Å². The molecule has 3 nitrogen and oxygen atoms in total. The predicted molar refractivity (Wildman–Crippen MR) is 78.8 cm³/mol. The van der Waals surface area contributed by atoms with Gasteiger partial charge in [-0.15, -0.1) is 0 Å². The highest BCUT2D eigenvalue weighted by Gasteiger charge is 2.22. The molecule has 0 saturated carbocycles. The summed E-state index contributed by atoms with van der Waals surface area (Å²) in [5.41, 5.74) is 6.57. The fourth-order valence-corrected chi connectivity index (χ4v) is 3.16. The number of aryl methyl sites for hydroxylation is 1. The summed E-state index contributed by atoms with van der Waals surface area (Å²) in [5, 5.41) is 8.28. The third kappa shape index (κ3) is 2.03. The van der Waals surface area contributed by atoms with Crippen LogP contribution in [0.3, 0.4) is 0 Å². The van der Waals surface area contributed by atoms with Crippen molar-refractivity contribution in [1.29, 1.82) is 0 Å². The van der Waals surface area contributed by atoms with Crippen molar-refractivity contribution >= 4 is 5.69 Å². The summed E-state index contributed by atoms with van der Waals surface area (Å²) < 4.78 is 2.22. The largest absolute Gasteiger partial charge is 0.383 e. The molecule has 0 amide bonds. The molecule has 1 N–H and O–H groups in total. The van der Waals surface area contributed by atoms with Gasteiger partial charge in [-0.25, -0.2) is 0 Å². The van der Waals surface area contributed by atoms with Gasteiger partial charge in [0.25, 0.3) is 0 Å². The van der Waals surface area contributed by atoms with Crippen LogP contribution in [0.4, 0.5) is 5.69 Å². The average molecular weight is 255 g/mol. The third-order valence-corrected chi connectivity index (χ3v) is 4.18. The lowest BCUT2D eigenvalue weighted by atomic mass is 9.99. The van der Waals surface area contributed by atoms with E-state index in [-0.39, 0.29) is 0 Å². The molecule has 1 aliphatic heterocycles. The second-order valence-electron chi connectivity index (χ2n) is 5.34. The molecule has 100 valence electrons. The lowest BCUT2D eigenvalue weighted by molar-refractivity contribution is 0.450. The molecular weight excluding hydrogens is 234 g/mol. The second-order valence-corrected chi connectivity index (χ2v) is 5.34. The molecule has 1 aromatic heterocycles. The number of hydrogen-bond acceptors (Lipinski definition) is 2. The van der Waals surface area contributed by atoms with Crippen molar-refractivity contribution in [3.63, 3.8) is 0 Å². The maximum atomic E-state index is 4.75. The smallest absolute Gasteiger partial charge is 0.0735 e. The maximum absolute atomic E-state index is 4.75. The number of rotatable bonds is 2. The molecule has 2 aromatic rings. The van der Waals surface area contributed by atoms with Crippen molar-refractivity contribution in [2.45, 2.75) is 39.7 Å². The van der Waals surface area contributed by atoms with Gasteiger partial charge in [-0.05, 0) is 43.9 Å². The Hall–Kier alpha value is -1.77. The van der Waals surface area contributed by atoms with E-state index in [1.54, 1.807) is 0 Å². The molecule has 19 heavy (non-hydrogen) atoms. The minimum Gasteiger partial charge on any atom is -0.383 e. The van der Waals surface area contributed by atoms with E-state index in [2.05, 4.69) is 55.0 Å². The highest BCUT2D eigenvalue weighted by molar-refractivity contribution is 5.53. The fraction of sp³-hybridized carbons (Fsp3) is 0.438. The zero-order valence-corrected chi connectivity index (χ0v) is 11.9. The molecule has 0 saturated heterocycles. The van der Waals surface area contributed by atoms with E-state index in [0.717, 1.165) is 19.4 Å². The molecule has 0 bridgehead atoms. The number of aromatic nitrogens is 2. The first-order valence-corrected chi connectivity index (χ1v) is 7.07. The van der Waals surface area contributed by atoms with Crippen LogP contribution in [-0.2, 0) is 12.8 Å². The Kier molecular flexibility index (Phi) is 3.05. The lowest BCUT2D eigenvalue weighted by Gasteiger charge is -2.27. The number of fused-ring (bicyclic) bond motifs is 1. The Labute approximate surface area is 114 Å². The third-order valence-electron chi connectivity index (χ3n) is 4.18. The fourth-order valence-electron chi connectivity index (χ4n) is 3.16. The van der Waals surface area contributed by atoms with Crippen molar-refractivity contribution < 1.29 is 0 Å². The normalized spacial score (nSPS) is 17.9. The topological polar surface area (TPSA) is 29.9 Å². The molecular formula is C16H21N3. The van der Waals surface area contributed by atoms with Gasteiger partial charge in [-0.3, -0.25) is 4.68 Å². The molecule has 1 atom stereocenters. The van der Waals surface area contributed by atoms with Gasteiger partial charge in [0.2, 0.25) is 0 Å². The van der Waals surface area contributed by atoms with Crippen LogP contribution in [0.1, 0.15) is 35.5 Å². The number of hydrogen-bond donors (Lipinski definition) is 1. The van der Waals surface area contributed by atoms with Crippen LogP contribution in [-0.4, -0.2) is 16.3 Å². The van der Waals surface area contributed by atoms with E-state index >= 15 is 0 Å². The summed E-state index contributed by atoms with van der Waals surface area (Å²) >= 11 is 0. The summed E-state index contributed by atoms with van der Waals surface area (Å²) in [6, 6.07) is 8.99. The first-order valence-electron chi connectivity index (χ1n) is 7.07.